The van der Waals surface area contributed by atoms with E-state index in [9.17, 15) is 86.2 Å². The minimum Gasteiger partial charge on any atom is -0.394 e. The molecule has 338 valence electrons. The summed E-state index contributed by atoms with van der Waals surface area (Å²) in [6.07, 6.45) is -43.9. The van der Waals surface area contributed by atoms with Crippen molar-refractivity contribution in [3.05, 3.63) is 0 Å². The number of carbonyl (C=O) groups excluding carboxylic acids is 2. The molecule has 0 radical (unpaired) electrons. The van der Waals surface area contributed by atoms with Crippen molar-refractivity contribution in [3.63, 3.8) is 0 Å². The fourth-order valence-electron chi connectivity index (χ4n) is 6.91. The Bertz CT molecular complexity index is 1290. The van der Waals surface area contributed by atoms with Crippen molar-refractivity contribution >= 4 is 12.2 Å². The highest BCUT2D eigenvalue weighted by molar-refractivity contribution is 5.73. The van der Waals surface area contributed by atoms with Crippen LogP contribution in [-0.4, -0.2) is 262 Å². The molecule has 4 aliphatic rings. The molecule has 0 spiro atoms. The van der Waals surface area contributed by atoms with E-state index < -0.39 is 180 Å². The molecule has 0 aromatic carbocycles. The summed E-state index contributed by atoms with van der Waals surface area (Å²) in [6, 6.07) is -1.77. The first kappa shape index (κ1) is 48.9. The molecule has 4 rings (SSSR count). The topological polar surface area (TPSA) is 423 Å². The number of ether oxygens (including phenoxy) is 8. The second-order valence-corrected chi connectivity index (χ2v) is 14.3. The lowest BCUT2D eigenvalue weighted by Crippen LogP contribution is -2.71. The monoisotopic (exact) mass is 853 g/mol. The standard InChI is InChI=1S/C32H55NO25/c1-8-16(42)20(46)22(48)30(51-8)57-27-15(33-9(2)39)29(54-14(7-38)26(27)56-31-23(49)21(47)18(44)12(5-36)52-31)58-28-19(45)13(6-37)53-32(24(28)50)55-25(11(41)4-35)17(43)10(40)3-34/h3,8,10-32,35-38,40-50H,4-7H2,1-2H3,(H,33,39)/t8-,10-,11-,12-,13+,14-,15-,16-,17-,18+,19+,20+,21+,22+,23+,24+,25-,26+,27-,28-,29-,30+,31+,32-/m1/s1. The number of rotatable bonds is 17. The summed E-state index contributed by atoms with van der Waals surface area (Å²) in [5.74, 6) is -0.857. The van der Waals surface area contributed by atoms with Gasteiger partial charge in [-0.3, -0.25) is 4.79 Å². The second kappa shape index (κ2) is 21.3. The molecule has 26 heteroatoms. The van der Waals surface area contributed by atoms with E-state index in [1.807, 2.05) is 0 Å². The predicted molar refractivity (Wildman–Crippen MR) is 178 cm³/mol. The Balaban J connectivity index is 1.75. The first-order chi connectivity index (χ1) is 27.3. The van der Waals surface area contributed by atoms with Crippen LogP contribution in [0, 0.1) is 0 Å². The van der Waals surface area contributed by atoms with Gasteiger partial charge in [0.25, 0.3) is 0 Å². The molecule has 4 heterocycles. The summed E-state index contributed by atoms with van der Waals surface area (Å²) in [4.78, 5) is 23.9. The van der Waals surface area contributed by atoms with Gasteiger partial charge >= 0.3 is 0 Å². The Kier molecular flexibility index (Phi) is 18.0. The summed E-state index contributed by atoms with van der Waals surface area (Å²) >= 11 is 0. The molecular formula is C32H55NO25. The van der Waals surface area contributed by atoms with Crippen molar-refractivity contribution in [2.75, 3.05) is 26.4 Å². The van der Waals surface area contributed by atoms with E-state index in [1.165, 1.54) is 6.92 Å². The molecule has 4 aliphatic heterocycles. The average Bonchev–Trinajstić information content (AvgIpc) is 3.20. The molecule has 4 saturated heterocycles. The number of carbonyl (C=O) groups is 2. The molecule has 0 bridgehead atoms. The molecule has 0 unspecified atom stereocenters. The average molecular weight is 854 g/mol. The van der Waals surface area contributed by atoms with Gasteiger partial charge in [-0.25, -0.2) is 0 Å². The van der Waals surface area contributed by atoms with Crippen LogP contribution < -0.4 is 5.32 Å². The van der Waals surface area contributed by atoms with Crippen LogP contribution in [-0.2, 0) is 47.5 Å². The van der Waals surface area contributed by atoms with Gasteiger partial charge in [-0.1, -0.05) is 0 Å². The van der Waals surface area contributed by atoms with Gasteiger partial charge in [0.1, 0.15) is 116 Å². The zero-order valence-electron chi connectivity index (χ0n) is 31.1. The van der Waals surface area contributed by atoms with Crippen molar-refractivity contribution in [1.82, 2.24) is 5.32 Å². The normalized spacial score (nSPS) is 45.8. The Morgan fingerprint density at radius 1 is 0.621 bits per heavy atom. The number of hydrogen-bond acceptors (Lipinski definition) is 25. The Hall–Kier alpha value is -1.78. The lowest BCUT2D eigenvalue weighted by atomic mass is 9.93. The highest BCUT2D eigenvalue weighted by Gasteiger charge is 2.57. The van der Waals surface area contributed by atoms with Crippen LogP contribution in [0.25, 0.3) is 0 Å². The molecule has 24 atom stereocenters. The first-order valence-corrected chi connectivity index (χ1v) is 18.2. The molecule has 4 fully saturated rings. The fourth-order valence-corrected chi connectivity index (χ4v) is 6.91. The van der Waals surface area contributed by atoms with E-state index in [1.54, 1.807) is 0 Å². The highest BCUT2D eigenvalue weighted by atomic mass is 16.8. The Morgan fingerprint density at radius 3 is 1.67 bits per heavy atom. The highest BCUT2D eigenvalue weighted by Crippen LogP contribution is 2.36. The molecule has 0 saturated carbocycles. The number of aliphatic hydroxyl groups excluding tert-OH is 15. The molecule has 0 aromatic heterocycles. The van der Waals surface area contributed by atoms with Crippen LogP contribution in [0.15, 0.2) is 0 Å². The van der Waals surface area contributed by atoms with E-state index >= 15 is 0 Å². The molecule has 26 nitrogen and oxygen atoms in total. The molecule has 1 amide bonds. The van der Waals surface area contributed by atoms with E-state index in [2.05, 4.69) is 5.32 Å². The third-order valence-corrected chi connectivity index (χ3v) is 10.2. The van der Waals surface area contributed by atoms with Crippen LogP contribution in [0.1, 0.15) is 13.8 Å². The van der Waals surface area contributed by atoms with Gasteiger partial charge in [0.2, 0.25) is 5.91 Å². The minimum absolute atomic E-state index is 0.122. The molecule has 58 heavy (non-hydrogen) atoms. The third-order valence-electron chi connectivity index (χ3n) is 10.2. The molecule has 16 N–H and O–H groups in total. The van der Waals surface area contributed by atoms with Crippen LogP contribution in [0.4, 0.5) is 0 Å². The summed E-state index contributed by atoms with van der Waals surface area (Å²) in [6.45, 7) is -1.73. The first-order valence-electron chi connectivity index (χ1n) is 18.2. The maximum absolute atomic E-state index is 12.7. The largest absolute Gasteiger partial charge is 0.394 e. The Morgan fingerprint density at radius 2 is 1.12 bits per heavy atom. The van der Waals surface area contributed by atoms with E-state index in [4.69, 9.17) is 37.9 Å². The van der Waals surface area contributed by atoms with Crippen molar-refractivity contribution in [3.8, 4) is 0 Å². The molecular weight excluding hydrogens is 798 g/mol. The number of aliphatic hydroxyl groups is 15. The third kappa shape index (κ3) is 10.6. The maximum Gasteiger partial charge on any atom is 0.217 e. The van der Waals surface area contributed by atoms with Gasteiger partial charge in [-0.15, -0.1) is 0 Å². The van der Waals surface area contributed by atoms with Gasteiger partial charge in [0, 0.05) is 6.92 Å². The smallest absolute Gasteiger partial charge is 0.217 e. The summed E-state index contributed by atoms with van der Waals surface area (Å²) in [5, 5.41) is 159. The Labute approximate surface area is 329 Å². The van der Waals surface area contributed by atoms with Crippen LogP contribution >= 0.6 is 0 Å². The molecule has 0 aromatic rings. The quantitative estimate of drug-likeness (QED) is 0.0604. The number of nitrogens with one attached hydrogen (secondary N) is 1. The van der Waals surface area contributed by atoms with Crippen LogP contribution in [0.2, 0.25) is 0 Å². The van der Waals surface area contributed by atoms with Gasteiger partial charge in [-0.2, -0.15) is 0 Å². The zero-order valence-corrected chi connectivity index (χ0v) is 31.1. The number of aldehydes is 1. The second-order valence-electron chi connectivity index (χ2n) is 14.3. The van der Waals surface area contributed by atoms with Crippen LogP contribution in [0.3, 0.4) is 0 Å². The van der Waals surface area contributed by atoms with Gasteiger partial charge in [0.05, 0.1) is 32.5 Å². The van der Waals surface area contributed by atoms with E-state index in [-0.39, 0.29) is 6.29 Å². The SMILES string of the molecule is CC(=O)N[C@H]1[C@@H](O[C@H]2[C@H](O)[C@@H](O[C@@H]([C@H](O)[C@H](O)C=O)[C@H](O)CO)O[C@@H](CO)[C@@H]2O)O[C@H](CO)[C@H](O[C@@H]2O[C@H](CO)[C@H](O)[C@H](O)[C@@H]2O)[C@@H]1O[C@@H]1O[C@H](C)[C@@H](O)[C@H](O)[C@@H]1O. The summed E-state index contributed by atoms with van der Waals surface area (Å²) in [5.41, 5.74) is 0. The van der Waals surface area contributed by atoms with Crippen molar-refractivity contribution in [2.45, 2.75) is 161 Å². The van der Waals surface area contributed by atoms with Gasteiger partial charge < -0.3 is 125 Å². The van der Waals surface area contributed by atoms with Gasteiger partial charge in [-0.05, 0) is 6.92 Å². The number of hydrogen-bond donors (Lipinski definition) is 16. The van der Waals surface area contributed by atoms with Gasteiger partial charge in [0.15, 0.2) is 31.4 Å². The minimum atomic E-state index is -2.23. The number of amides is 1. The van der Waals surface area contributed by atoms with Crippen molar-refractivity contribution in [1.29, 1.82) is 0 Å². The lowest BCUT2D eigenvalue weighted by Gasteiger charge is -2.51. The van der Waals surface area contributed by atoms with E-state index in [0.29, 0.717) is 0 Å². The summed E-state index contributed by atoms with van der Waals surface area (Å²) in [7, 11) is 0. The zero-order chi connectivity index (χ0) is 43.3. The van der Waals surface area contributed by atoms with Crippen LogP contribution in [0.5, 0.6) is 0 Å². The van der Waals surface area contributed by atoms with Crippen molar-refractivity contribution in [2.24, 2.45) is 0 Å². The predicted octanol–water partition coefficient (Wildman–Crippen LogP) is -10.9. The fraction of sp³-hybridized carbons (Fsp3) is 0.938. The van der Waals surface area contributed by atoms with Crippen molar-refractivity contribution < 1.29 is 124 Å². The molecule has 0 aliphatic carbocycles. The summed E-state index contributed by atoms with van der Waals surface area (Å²) < 4.78 is 45.8. The van der Waals surface area contributed by atoms with E-state index in [0.717, 1.165) is 6.92 Å². The maximum atomic E-state index is 12.7. The lowest BCUT2D eigenvalue weighted by molar-refractivity contribution is -0.388.